The van der Waals surface area contributed by atoms with Gasteiger partial charge in [0.05, 0.1) is 8.66 Å². The number of carbonyl (C=O) groups excluding carboxylic acids is 2. The topological polar surface area (TPSA) is 110 Å². The van der Waals surface area contributed by atoms with Gasteiger partial charge in [-0.2, -0.15) is 4.98 Å². The van der Waals surface area contributed by atoms with Crippen molar-refractivity contribution >= 4 is 39.1 Å². The highest BCUT2D eigenvalue weighted by atomic mass is 79.9. The van der Waals surface area contributed by atoms with Gasteiger partial charge < -0.3 is 4.52 Å². The van der Waals surface area contributed by atoms with Gasteiger partial charge in [0.15, 0.2) is 0 Å². The third-order valence-electron chi connectivity index (χ3n) is 3.04. The summed E-state index contributed by atoms with van der Waals surface area (Å²) in [5.41, 5.74) is 5.30. The molecule has 0 radical (unpaired) electrons. The van der Waals surface area contributed by atoms with Crippen molar-refractivity contribution in [1.82, 2.24) is 26.0 Å². The van der Waals surface area contributed by atoms with E-state index < -0.39 is 0 Å². The minimum absolute atomic E-state index is 0.0955. The fourth-order valence-electron chi connectivity index (χ4n) is 1.86. The Hall–Kier alpha value is -2.59. The van der Waals surface area contributed by atoms with Crippen LogP contribution in [0.3, 0.4) is 0 Å². The maximum atomic E-state index is 11.8. The average Bonchev–Trinajstić information content (AvgIpc) is 3.28. The molecule has 10 heteroatoms. The molecule has 0 unspecified atom stereocenters. The summed E-state index contributed by atoms with van der Waals surface area (Å²) in [5.74, 6) is -0.0438. The van der Waals surface area contributed by atoms with Crippen LogP contribution in [0.25, 0.3) is 11.5 Å². The van der Waals surface area contributed by atoms with E-state index in [1.54, 1.807) is 30.5 Å². The Bertz CT molecular complexity index is 880. The van der Waals surface area contributed by atoms with E-state index >= 15 is 0 Å². The van der Waals surface area contributed by atoms with E-state index in [9.17, 15) is 9.59 Å². The molecule has 128 valence electrons. The minimum atomic E-state index is -0.376. The number of nitrogens with zero attached hydrogens (tertiary/aromatic N) is 3. The number of carbonyl (C=O) groups is 2. The normalized spacial score (nSPS) is 10.4. The fraction of sp³-hybridized carbons (Fsp3) is 0.133. The van der Waals surface area contributed by atoms with E-state index in [2.05, 4.69) is 41.9 Å². The zero-order valence-corrected chi connectivity index (χ0v) is 15.1. The molecule has 25 heavy (non-hydrogen) atoms. The summed E-state index contributed by atoms with van der Waals surface area (Å²) in [6.07, 6.45) is 1.98. The maximum absolute atomic E-state index is 11.8. The summed E-state index contributed by atoms with van der Waals surface area (Å²) in [4.78, 5) is 32.4. The molecule has 8 nitrogen and oxygen atoms in total. The van der Waals surface area contributed by atoms with Crippen molar-refractivity contribution in [3.05, 3.63) is 51.1 Å². The van der Waals surface area contributed by atoms with Crippen molar-refractivity contribution in [3.8, 4) is 11.5 Å². The second kappa shape index (κ2) is 7.99. The van der Waals surface area contributed by atoms with Crippen molar-refractivity contribution in [2.75, 3.05) is 0 Å². The Labute approximate surface area is 154 Å². The van der Waals surface area contributed by atoms with Crippen LogP contribution in [0.5, 0.6) is 0 Å². The standard InChI is InChI=1S/C15H12BrN5O3S/c16-11-5-4-10(25-11)15(23)20-19-12(22)6-7-13-18-14(21-24-13)9-3-1-2-8-17-9/h1-5,8H,6-7H2,(H,19,22)(H,20,23). The molecule has 2 amide bonds. The molecule has 0 bridgehead atoms. The zero-order chi connectivity index (χ0) is 17.6. The number of pyridine rings is 1. The number of aromatic nitrogens is 3. The summed E-state index contributed by atoms with van der Waals surface area (Å²) < 4.78 is 5.93. The summed E-state index contributed by atoms with van der Waals surface area (Å²) >= 11 is 4.55. The van der Waals surface area contributed by atoms with Gasteiger partial charge in [0.25, 0.3) is 5.91 Å². The van der Waals surface area contributed by atoms with Gasteiger partial charge in [0, 0.05) is 19.0 Å². The number of hydrogen-bond donors (Lipinski definition) is 2. The summed E-state index contributed by atoms with van der Waals surface area (Å²) in [6, 6.07) is 8.79. The Balaban J connectivity index is 1.46. The van der Waals surface area contributed by atoms with Gasteiger partial charge in [0.2, 0.25) is 17.6 Å². The van der Waals surface area contributed by atoms with E-state index in [1.165, 1.54) is 11.3 Å². The number of halogens is 1. The van der Waals surface area contributed by atoms with Gasteiger partial charge in [-0.3, -0.25) is 25.4 Å². The fourth-order valence-corrected chi connectivity index (χ4v) is 3.14. The van der Waals surface area contributed by atoms with Gasteiger partial charge in [-0.1, -0.05) is 11.2 Å². The smallest absolute Gasteiger partial charge is 0.279 e. The van der Waals surface area contributed by atoms with Crippen molar-refractivity contribution in [2.24, 2.45) is 0 Å². The number of hydrazine groups is 1. The quantitative estimate of drug-likeness (QED) is 0.611. The molecule has 0 spiro atoms. The van der Waals surface area contributed by atoms with E-state index in [1.807, 2.05) is 6.07 Å². The van der Waals surface area contributed by atoms with Crippen molar-refractivity contribution in [1.29, 1.82) is 0 Å². The highest BCUT2D eigenvalue weighted by molar-refractivity contribution is 9.11. The Morgan fingerprint density at radius 2 is 2.08 bits per heavy atom. The van der Waals surface area contributed by atoms with E-state index in [0.29, 0.717) is 22.3 Å². The first kappa shape index (κ1) is 17.2. The highest BCUT2D eigenvalue weighted by Gasteiger charge is 2.13. The summed E-state index contributed by atoms with van der Waals surface area (Å²) in [7, 11) is 0. The maximum Gasteiger partial charge on any atom is 0.279 e. The molecule has 3 aromatic heterocycles. The lowest BCUT2D eigenvalue weighted by Gasteiger charge is -2.04. The minimum Gasteiger partial charge on any atom is -0.339 e. The molecule has 2 N–H and O–H groups in total. The number of thiophene rings is 1. The largest absolute Gasteiger partial charge is 0.339 e. The van der Waals surface area contributed by atoms with Crippen LogP contribution in [0.15, 0.2) is 44.8 Å². The lowest BCUT2D eigenvalue weighted by molar-refractivity contribution is -0.121. The van der Waals surface area contributed by atoms with Crippen LogP contribution in [0.4, 0.5) is 0 Å². The molecule has 0 saturated heterocycles. The molecule has 0 aromatic carbocycles. The predicted octanol–water partition coefficient (Wildman–Crippen LogP) is 2.35. The van der Waals surface area contributed by atoms with Gasteiger partial charge in [-0.15, -0.1) is 11.3 Å². The first-order valence-electron chi connectivity index (χ1n) is 7.20. The second-order valence-corrected chi connectivity index (χ2v) is 7.30. The molecule has 3 heterocycles. The van der Waals surface area contributed by atoms with Gasteiger partial charge in [-0.05, 0) is 40.2 Å². The number of hydrogen-bond acceptors (Lipinski definition) is 7. The molecule has 0 fully saturated rings. The van der Waals surface area contributed by atoms with Gasteiger partial charge >= 0.3 is 0 Å². The van der Waals surface area contributed by atoms with Crippen LogP contribution in [-0.2, 0) is 11.2 Å². The van der Waals surface area contributed by atoms with Crippen LogP contribution >= 0.6 is 27.3 Å². The van der Waals surface area contributed by atoms with E-state index in [-0.39, 0.29) is 24.7 Å². The number of nitrogens with one attached hydrogen (secondary N) is 2. The molecule has 3 rings (SSSR count). The summed E-state index contributed by atoms with van der Waals surface area (Å²) in [5, 5.41) is 3.83. The molecule has 0 aliphatic heterocycles. The lowest BCUT2D eigenvalue weighted by atomic mass is 10.3. The monoisotopic (exact) mass is 421 g/mol. The molecular formula is C15H12BrN5O3S. The number of amides is 2. The Morgan fingerprint density at radius 1 is 1.20 bits per heavy atom. The average molecular weight is 422 g/mol. The van der Waals surface area contributed by atoms with Crippen LogP contribution in [-0.4, -0.2) is 26.9 Å². The highest BCUT2D eigenvalue weighted by Crippen LogP contribution is 2.21. The zero-order valence-electron chi connectivity index (χ0n) is 12.7. The molecule has 0 atom stereocenters. The first-order chi connectivity index (χ1) is 12.1. The molecule has 0 aliphatic carbocycles. The second-order valence-electron chi connectivity index (χ2n) is 4.83. The number of rotatable bonds is 5. The predicted molar refractivity (Wildman–Crippen MR) is 93.5 cm³/mol. The van der Waals surface area contributed by atoms with Crippen molar-refractivity contribution < 1.29 is 14.1 Å². The Kier molecular flexibility index (Phi) is 5.51. The molecular weight excluding hydrogens is 410 g/mol. The van der Waals surface area contributed by atoms with Crippen molar-refractivity contribution in [2.45, 2.75) is 12.8 Å². The lowest BCUT2D eigenvalue weighted by Crippen LogP contribution is -2.41. The van der Waals surface area contributed by atoms with Crippen LogP contribution in [0, 0.1) is 0 Å². The SMILES string of the molecule is O=C(CCc1nc(-c2ccccn2)no1)NNC(=O)c1ccc(Br)s1. The van der Waals surface area contributed by atoms with Gasteiger partial charge in [-0.25, -0.2) is 0 Å². The van der Waals surface area contributed by atoms with Gasteiger partial charge in [0.1, 0.15) is 5.69 Å². The van der Waals surface area contributed by atoms with Crippen LogP contribution in [0.1, 0.15) is 22.0 Å². The third kappa shape index (κ3) is 4.70. The Morgan fingerprint density at radius 3 is 2.80 bits per heavy atom. The van der Waals surface area contributed by atoms with E-state index in [0.717, 1.165) is 3.79 Å². The third-order valence-corrected chi connectivity index (χ3v) is 4.66. The molecule has 0 aliphatic rings. The summed E-state index contributed by atoms with van der Waals surface area (Å²) in [6.45, 7) is 0. The molecule has 0 saturated carbocycles. The molecule has 3 aromatic rings. The van der Waals surface area contributed by atoms with Crippen LogP contribution < -0.4 is 10.9 Å². The first-order valence-corrected chi connectivity index (χ1v) is 8.81. The van der Waals surface area contributed by atoms with Crippen molar-refractivity contribution in [3.63, 3.8) is 0 Å². The van der Waals surface area contributed by atoms with Crippen LogP contribution in [0.2, 0.25) is 0 Å². The number of aryl methyl sites for hydroxylation is 1. The van der Waals surface area contributed by atoms with E-state index in [4.69, 9.17) is 4.52 Å².